The minimum atomic E-state index is -2.68. The predicted octanol–water partition coefficient (Wildman–Crippen LogP) is 3.15. The Hall–Kier alpha value is -3.37. The highest BCUT2D eigenvalue weighted by molar-refractivity contribution is 5.92. The number of nitrogens with one attached hydrogen (secondary N) is 3. The van der Waals surface area contributed by atoms with Crippen molar-refractivity contribution in [2.45, 2.75) is 64.0 Å². The lowest BCUT2D eigenvalue weighted by atomic mass is 9.81. The average molecular weight is 486 g/mol. The number of amides is 2. The Morgan fingerprint density at radius 1 is 1.23 bits per heavy atom. The summed E-state index contributed by atoms with van der Waals surface area (Å²) in [7, 11) is 0. The molecular formula is C24H29F2N7O2. The number of rotatable bonds is 7. The number of halogens is 2. The molecule has 3 aromatic heterocycles. The summed E-state index contributed by atoms with van der Waals surface area (Å²) < 4.78 is 29.3. The van der Waals surface area contributed by atoms with Crippen molar-refractivity contribution in [3.8, 4) is 0 Å². The van der Waals surface area contributed by atoms with E-state index in [0.29, 0.717) is 42.2 Å². The smallest absolute Gasteiger partial charge is 0.270 e. The molecular weight excluding hydrogens is 456 g/mol. The Balaban J connectivity index is 1.42. The topological polar surface area (TPSA) is 118 Å². The predicted molar refractivity (Wildman–Crippen MR) is 124 cm³/mol. The van der Waals surface area contributed by atoms with Crippen LogP contribution in [0.15, 0.2) is 24.4 Å². The fourth-order valence-electron chi connectivity index (χ4n) is 5.10. The van der Waals surface area contributed by atoms with Crippen LogP contribution < -0.4 is 10.6 Å². The first kappa shape index (κ1) is 23.4. The minimum absolute atomic E-state index is 0.0396. The molecule has 3 aromatic rings. The highest BCUT2D eigenvalue weighted by Crippen LogP contribution is 2.41. The molecule has 9 nitrogen and oxygen atoms in total. The Kier molecular flexibility index (Phi) is 6.24. The maximum absolute atomic E-state index is 13.9. The van der Waals surface area contributed by atoms with E-state index in [4.69, 9.17) is 0 Å². The standard InChI is InChI=1S/C24H29F2N7O2/c1-2-33-18(8-12-28-33)23(35)31-19(14-5-9-24(25,26)10-6-14)21-30-17-4-3-16(29-20(17)32-21)13-15-7-11-27-22(15)34/h3-4,8,12,14-15,19H,2,5-7,9-11,13H2,1H3,(H,27,34)(H,31,35)(H,29,30,32)/t15-,19?/m1/s1. The lowest BCUT2D eigenvalue weighted by molar-refractivity contribution is -0.122. The van der Waals surface area contributed by atoms with Gasteiger partial charge in [-0.3, -0.25) is 14.3 Å². The maximum atomic E-state index is 13.9. The highest BCUT2D eigenvalue weighted by atomic mass is 19.3. The van der Waals surface area contributed by atoms with Gasteiger partial charge in [0.25, 0.3) is 5.91 Å². The van der Waals surface area contributed by atoms with Crippen LogP contribution in [0.4, 0.5) is 8.78 Å². The van der Waals surface area contributed by atoms with Gasteiger partial charge in [0.1, 0.15) is 11.5 Å². The van der Waals surface area contributed by atoms with Crippen LogP contribution in [-0.4, -0.2) is 49.0 Å². The average Bonchev–Trinajstić information content (AvgIpc) is 3.57. The number of aryl methyl sites for hydroxylation is 1. The van der Waals surface area contributed by atoms with E-state index >= 15 is 0 Å². The first-order valence-corrected chi connectivity index (χ1v) is 12.2. The molecule has 1 aliphatic heterocycles. The first-order chi connectivity index (χ1) is 16.8. The van der Waals surface area contributed by atoms with Crippen LogP contribution in [0.25, 0.3) is 11.2 Å². The molecule has 3 N–H and O–H groups in total. The number of aromatic amines is 1. The number of carbonyl (C=O) groups excluding carboxylic acids is 2. The fourth-order valence-corrected chi connectivity index (χ4v) is 5.10. The second-order valence-electron chi connectivity index (χ2n) is 9.45. The molecule has 0 spiro atoms. The summed E-state index contributed by atoms with van der Waals surface area (Å²) in [4.78, 5) is 37.6. The molecule has 1 saturated carbocycles. The summed E-state index contributed by atoms with van der Waals surface area (Å²) in [5.74, 6) is -2.76. The maximum Gasteiger partial charge on any atom is 0.270 e. The monoisotopic (exact) mass is 485 g/mol. The zero-order valence-electron chi connectivity index (χ0n) is 19.6. The second-order valence-corrected chi connectivity index (χ2v) is 9.45. The molecule has 11 heteroatoms. The summed E-state index contributed by atoms with van der Waals surface area (Å²) in [5, 5.41) is 10.0. The molecule has 2 amide bonds. The molecule has 1 unspecified atom stereocenters. The SMILES string of the molecule is CCn1nccc1C(=O)NC(c1nc2nc(C[C@H]3CCNC3=O)ccc2[nH]1)C1CCC(F)(F)CC1. The quantitative estimate of drug-likeness (QED) is 0.475. The van der Waals surface area contributed by atoms with E-state index < -0.39 is 12.0 Å². The number of nitrogens with zero attached hydrogens (tertiary/aromatic N) is 4. The van der Waals surface area contributed by atoms with Crippen molar-refractivity contribution in [2.24, 2.45) is 11.8 Å². The van der Waals surface area contributed by atoms with E-state index in [0.717, 1.165) is 12.1 Å². The molecule has 0 aromatic carbocycles. The number of hydrogen-bond acceptors (Lipinski definition) is 5. The van der Waals surface area contributed by atoms with E-state index in [1.807, 2.05) is 19.1 Å². The largest absolute Gasteiger partial charge is 0.356 e. The summed E-state index contributed by atoms with van der Waals surface area (Å²) in [6, 6.07) is 4.79. The molecule has 0 bridgehead atoms. The molecule has 35 heavy (non-hydrogen) atoms. The zero-order valence-corrected chi connectivity index (χ0v) is 19.6. The van der Waals surface area contributed by atoms with Gasteiger partial charge in [0.2, 0.25) is 11.8 Å². The van der Waals surface area contributed by atoms with Gasteiger partial charge in [-0.05, 0) is 50.3 Å². The Bertz CT molecular complexity index is 1230. The molecule has 2 atom stereocenters. The first-order valence-electron chi connectivity index (χ1n) is 12.2. The molecule has 186 valence electrons. The number of carbonyl (C=O) groups is 2. The van der Waals surface area contributed by atoms with E-state index in [-0.39, 0.29) is 49.3 Å². The third-order valence-corrected chi connectivity index (χ3v) is 7.10. The normalized spacial score (nSPS) is 21.2. The van der Waals surface area contributed by atoms with Crippen molar-refractivity contribution >= 4 is 23.0 Å². The van der Waals surface area contributed by atoms with Crippen LogP contribution >= 0.6 is 0 Å². The van der Waals surface area contributed by atoms with Crippen LogP contribution in [0.1, 0.15) is 67.1 Å². The third kappa shape index (κ3) is 4.89. The van der Waals surface area contributed by atoms with Crippen molar-refractivity contribution in [3.05, 3.63) is 41.6 Å². The van der Waals surface area contributed by atoms with E-state index in [9.17, 15) is 18.4 Å². The van der Waals surface area contributed by atoms with Gasteiger partial charge >= 0.3 is 0 Å². The number of imidazole rings is 1. The van der Waals surface area contributed by atoms with Crippen LogP contribution in [0.2, 0.25) is 0 Å². The number of H-pyrrole nitrogens is 1. The molecule has 2 aliphatic rings. The van der Waals surface area contributed by atoms with Gasteiger partial charge in [-0.2, -0.15) is 5.10 Å². The zero-order chi connectivity index (χ0) is 24.6. The third-order valence-electron chi connectivity index (χ3n) is 7.10. The van der Waals surface area contributed by atoms with E-state index in [2.05, 4.69) is 30.7 Å². The lowest BCUT2D eigenvalue weighted by Gasteiger charge is -2.33. The Morgan fingerprint density at radius 2 is 2.03 bits per heavy atom. The van der Waals surface area contributed by atoms with Gasteiger partial charge < -0.3 is 15.6 Å². The van der Waals surface area contributed by atoms with Gasteiger partial charge in [-0.25, -0.2) is 18.7 Å². The fraction of sp³-hybridized carbons (Fsp3) is 0.542. The number of pyridine rings is 1. The van der Waals surface area contributed by atoms with Gasteiger partial charge in [0, 0.05) is 50.2 Å². The van der Waals surface area contributed by atoms with Crippen molar-refractivity contribution in [2.75, 3.05) is 6.54 Å². The highest BCUT2D eigenvalue weighted by Gasteiger charge is 2.39. The Labute approximate surface area is 201 Å². The number of alkyl halides is 2. The van der Waals surface area contributed by atoms with Gasteiger partial charge in [0.05, 0.1) is 11.6 Å². The van der Waals surface area contributed by atoms with Crippen LogP contribution in [0, 0.1) is 11.8 Å². The molecule has 5 rings (SSSR count). The number of aromatic nitrogens is 5. The Morgan fingerprint density at radius 3 is 2.74 bits per heavy atom. The van der Waals surface area contributed by atoms with Gasteiger partial charge in [-0.1, -0.05) is 0 Å². The van der Waals surface area contributed by atoms with Crippen molar-refractivity contribution in [1.29, 1.82) is 0 Å². The van der Waals surface area contributed by atoms with Crippen LogP contribution in [0.3, 0.4) is 0 Å². The number of fused-ring (bicyclic) bond motifs is 1. The summed E-state index contributed by atoms with van der Waals surface area (Å²) >= 11 is 0. The van der Waals surface area contributed by atoms with Crippen LogP contribution in [0.5, 0.6) is 0 Å². The van der Waals surface area contributed by atoms with Gasteiger partial charge in [0.15, 0.2) is 5.65 Å². The summed E-state index contributed by atoms with van der Waals surface area (Å²) in [6.07, 6.45) is 2.98. The minimum Gasteiger partial charge on any atom is -0.356 e. The van der Waals surface area contributed by atoms with Crippen molar-refractivity contribution in [3.63, 3.8) is 0 Å². The van der Waals surface area contributed by atoms with Crippen molar-refractivity contribution < 1.29 is 18.4 Å². The summed E-state index contributed by atoms with van der Waals surface area (Å²) in [5.41, 5.74) is 2.35. The molecule has 1 aliphatic carbocycles. The lowest BCUT2D eigenvalue weighted by Crippen LogP contribution is -2.38. The summed E-state index contributed by atoms with van der Waals surface area (Å²) in [6.45, 7) is 3.10. The second kappa shape index (κ2) is 9.35. The molecule has 1 saturated heterocycles. The van der Waals surface area contributed by atoms with E-state index in [1.165, 1.54) is 0 Å². The van der Waals surface area contributed by atoms with E-state index in [1.54, 1.807) is 16.9 Å². The number of hydrogen-bond donors (Lipinski definition) is 3. The van der Waals surface area contributed by atoms with Gasteiger partial charge in [-0.15, -0.1) is 0 Å². The van der Waals surface area contributed by atoms with Crippen molar-refractivity contribution in [1.82, 2.24) is 35.4 Å². The molecule has 4 heterocycles. The molecule has 0 radical (unpaired) electrons. The van der Waals surface area contributed by atoms with Crippen LogP contribution in [-0.2, 0) is 17.8 Å². The molecule has 2 fully saturated rings.